The Hall–Kier alpha value is -2.69. The van der Waals surface area contributed by atoms with Crippen LogP contribution in [0.1, 0.15) is 15.9 Å². The molecule has 2 aromatic rings. The first-order valence-electron chi connectivity index (χ1n) is 7.20. The fraction of sp³-hybridized carbons (Fsp3) is 0.278. The Kier molecular flexibility index (Phi) is 5.46. The van der Waals surface area contributed by atoms with Crippen molar-refractivity contribution in [1.82, 2.24) is 4.90 Å². The maximum absolute atomic E-state index is 12.6. The minimum absolute atomic E-state index is 0.111. The molecule has 2 rings (SSSR count). The number of benzene rings is 2. The Labute approximate surface area is 136 Å². The van der Waals surface area contributed by atoms with Crippen molar-refractivity contribution in [3.63, 3.8) is 0 Å². The zero-order valence-corrected chi connectivity index (χ0v) is 13.8. The van der Waals surface area contributed by atoms with Crippen molar-refractivity contribution >= 4 is 5.91 Å². The molecule has 0 atom stereocenters. The molecule has 0 aliphatic heterocycles. The molecule has 0 heterocycles. The van der Waals surface area contributed by atoms with E-state index in [4.69, 9.17) is 14.2 Å². The molecule has 2 aromatic carbocycles. The highest BCUT2D eigenvalue weighted by Crippen LogP contribution is 2.26. The van der Waals surface area contributed by atoms with Crippen LogP contribution >= 0.6 is 0 Å². The summed E-state index contributed by atoms with van der Waals surface area (Å²) in [4.78, 5) is 14.3. The van der Waals surface area contributed by atoms with E-state index in [9.17, 15) is 4.79 Å². The van der Waals surface area contributed by atoms with E-state index >= 15 is 0 Å². The number of hydrogen-bond donors (Lipinski definition) is 0. The summed E-state index contributed by atoms with van der Waals surface area (Å²) in [6.07, 6.45) is 0. The fourth-order valence-electron chi connectivity index (χ4n) is 2.34. The van der Waals surface area contributed by atoms with Gasteiger partial charge in [-0.05, 0) is 24.3 Å². The van der Waals surface area contributed by atoms with Crippen LogP contribution in [0.5, 0.6) is 17.2 Å². The third kappa shape index (κ3) is 3.74. The van der Waals surface area contributed by atoms with Crippen LogP contribution < -0.4 is 14.2 Å². The first kappa shape index (κ1) is 16.7. The summed E-state index contributed by atoms with van der Waals surface area (Å²) < 4.78 is 15.8. The molecule has 0 radical (unpaired) electrons. The SMILES string of the molecule is COc1ccc(CN(C)C(=O)c2ccccc2OC)c(OC)c1. The molecule has 0 saturated heterocycles. The van der Waals surface area contributed by atoms with Gasteiger partial charge in [-0.25, -0.2) is 0 Å². The first-order chi connectivity index (χ1) is 11.1. The van der Waals surface area contributed by atoms with Crippen molar-refractivity contribution in [2.45, 2.75) is 6.54 Å². The van der Waals surface area contributed by atoms with Crippen LogP contribution in [0.3, 0.4) is 0 Å². The van der Waals surface area contributed by atoms with Crippen molar-refractivity contribution < 1.29 is 19.0 Å². The van der Waals surface area contributed by atoms with Crippen molar-refractivity contribution in [2.75, 3.05) is 28.4 Å². The zero-order chi connectivity index (χ0) is 16.8. The first-order valence-corrected chi connectivity index (χ1v) is 7.20. The third-order valence-corrected chi connectivity index (χ3v) is 3.59. The zero-order valence-electron chi connectivity index (χ0n) is 13.8. The maximum atomic E-state index is 12.6. The van der Waals surface area contributed by atoms with E-state index in [1.807, 2.05) is 24.3 Å². The second kappa shape index (κ2) is 7.54. The second-order valence-corrected chi connectivity index (χ2v) is 5.04. The van der Waals surface area contributed by atoms with Gasteiger partial charge in [0, 0.05) is 25.2 Å². The maximum Gasteiger partial charge on any atom is 0.257 e. The van der Waals surface area contributed by atoms with E-state index < -0.39 is 0 Å². The van der Waals surface area contributed by atoms with E-state index in [0.717, 1.165) is 5.56 Å². The van der Waals surface area contributed by atoms with Gasteiger partial charge in [0.15, 0.2) is 0 Å². The molecule has 0 unspecified atom stereocenters. The molecule has 0 N–H and O–H groups in total. The van der Waals surface area contributed by atoms with Crippen LogP contribution in [-0.2, 0) is 6.54 Å². The Morgan fingerprint density at radius 2 is 1.65 bits per heavy atom. The van der Waals surface area contributed by atoms with Crippen LogP contribution in [0.15, 0.2) is 42.5 Å². The van der Waals surface area contributed by atoms with Gasteiger partial charge in [0.2, 0.25) is 0 Å². The van der Waals surface area contributed by atoms with Gasteiger partial charge in [-0.2, -0.15) is 0 Å². The van der Waals surface area contributed by atoms with Gasteiger partial charge in [0.05, 0.1) is 26.9 Å². The number of hydrogen-bond acceptors (Lipinski definition) is 4. The Balaban J connectivity index is 2.21. The van der Waals surface area contributed by atoms with Gasteiger partial charge in [-0.1, -0.05) is 12.1 Å². The molecule has 5 heteroatoms. The summed E-state index contributed by atoms with van der Waals surface area (Å²) in [6, 6.07) is 12.7. The molecule has 0 bridgehead atoms. The van der Waals surface area contributed by atoms with Gasteiger partial charge in [-0.15, -0.1) is 0 Å². The standard InChI is InChI=1S/C18H21NO4/c1-19(18(20)15-7-5-6-8-16(15)22-3)12-13-9-10-14(21-2)11-17(13)23-4/h5-11H,12H2,1-4H3. The molecule has 1 amide bonds. The molecular weight excluding hydrogens is 294 g/mol. The van der Waals surface area contributed by atoms with Crippen LogP contribution in [-0.4, -0.2) is 39.2 Å². The predicted octanol–water partition coefficient (Wildman–Crippen LogP) is 2.98. The van der Waals surface area contributed by atoms with Crippen LogP contribution in [0, 0.1) is 0 Å². The molecule has 23 heavy (non-hydrogen) atoms. The summed E-state index contributed by atoms with van der Waals surface area (Å²) >= 11 is 0. The van der Waals surface area contributed by atoms with Crippen molar-refractivity contribution in [3.05, 3.63) is 53.6 Å². The fourth-order valence-corrected chi connectivity index (χ4v) is 2.34. The smallest absolute Gasteiger partial charge is 0.257 e. The molecular formula is C18H21NO4. The average molecular weight is 315 g/mol. The molecule has 122 valence electrons. The second-order valence-electron chi connectivity index (χ2n) is 5.04. The lowest BCUT2D eigenvalue weighted by atomic mass is 10.1. The normalized spacial score (nSPS) is 10.1. The van der Waals surface area contributed by atoms with Crippen LogP contribution in [0.4, 0.5) is 0 Å². The topological polar surface area (TPSA) is 48.0 Å². The summed E-state index contributed by atoms with van der Waals surface area (Å²) in [6.45, 7) is 0.421. The molecule has 0 saturated carbocycles. The molecule has 0 aliphatic rings. The number of methoxy groups -OCH3 is 3. The van der Waals surface area contributed by atoms with Crippen LogP contribution in [0.25, 0.3) is 0 Å². The number of ether oxygens (including phenoxy) is 3. The Bertz CT molecular complexity index is 684. The van der Waals surface area contributed by atoms with E-state index in [1.54, 1.807) is 51.5 Å². The largest absolute Gasteiger partial charge is 0.497 e. The van der Waals surface area contributed by atoms with Gasteiger partial charge in [-0.3, -0.25) is 4.79 Å². The highest BCUT2D eigenvalue weighted by atomic mass is 16.5. The highest BCUT2D eigenvalue weighted by Gasteiger charge is 2.17. The molecule has 0 aliphatic carbocycles. The monoisotopic (exact) mass is 315 g/mol. The summed E-state index contributed by atoms with van der Waals surface area (Å²) in [5.41, 5.74) is 1.43. The lowest BCUT2D eigenvalue weighted by Crippen LogP contribution is -2.26. The quantitative estimate of drug-likeness (QED) is 0.822. The lowest BCUT2D eigenvalue weighted by molar-refractivity contribution is 0.0781. The summed E-state index contributed by atoms with van der Waals surface area (Å²) in [5, 5.41) is 0. The van der Waals surface area contributed by atoms with E-state index in [2.05, 4.69) is 0 Å². The van der Waals surface area contributed by atoms with Gasteiger partial charge >= 0.3 is 0 Å². The van der Waals surface area contributed by atoms with E-state index in [1.165, 1.54) is 0 Å². The third-order valence-electron chi connectivity index (χ3n) is 3.59. The number of carbonyl (C=O) groups excluding carboxylic acids is 1. The lowest BCUT2D eigenvalue weighted by Gasteiger charge is -2.20. The van der Waals surface area contributed by atoms with Crippen molar-refractivity contribution in [2.24, 2.45) is 0 Å². The predicted molar refractivity (Wildman–Crippen MR) is 88.3 cm³/mol. The highest BCUT2D eigenvalue weighted by molar-refractivity contribution is 5.96. The minimum Gasteiger partial charge on any atom is -0.497 e. The van der Waals surface area contributed by atoms with Gasteiger partial charge in [0.25, 0.3) is 5.91 Å². The number of carbonyl (C=O) groups is 1. The average Bonchev–Trinajstić information content (AvgIpc) is 2.61. The van der Waals surface area contributed by atoms with Gasteiger partial charge in [0.1, 0.15) is 17.2 Å². The Morgan fingerprint density at radius 1 is 0.957 bits per heavy atom. The summed E-state index contributed by atoms with van der Waals surface area (Å²) in [7, 11) is 6.50. The molecule has 0 spiro atoms. The number of amides is 1. The van der Waals surface area contributed by atoms with E-state index in [-0.39, 0.29) is 5.91 Å². The Morgan fingerprint density at radius 3 is 2.30 bits per heavy atom. The van der Waals surface area contributed by atoms with E-state index in [0.29, 0.717) is 29.4 Å². The molecule has 0 aromatic heterocycles. The molecule has 5 nitrogen and oxygen atoms in total. The van der Waals surface area contributed by atoms with Gasteiger partial charge < -0.3 is 19.1 Å². The minimum atomic E-state index is -0.111. The number of nitrogens with zero attached hydrogens (tertiary/aromatic N) is 1. The number of rotatable bonds is 6. The van der Waals surface area contributed by atoms with Crippen molar-refractivity contribution in [3.8, 4) is 17.2 Å². The molecule has 0 fully saturated rings. The van der Waals surface area contributed by atoms with Crippen LogP contribution in [0.2, 0.25) is 0 Å². The van der Waals surface area contributed by atoms with Crippen molar-refractivity contribution in [1.29, 1.82) is 0 Å². The summed E-state index contributed by atoms with van der Waals surface area (Å²) in [5.74, 6) is 1.85. The number of para-hydroxylation sites is 1.